The van der Waals surface area contributed by atoms with Crippen molar-refractivity contribution in [3.8, 4) is 11.4 Å². The summed E-state index contributed by atoms with van der Waals surface area (Å²) in [7, 11) is 0. The number of hydrogen-bond acceptors (Lipinski definition) is 2. The number of imidazole rings is 1. The van der Waals surface area contributed by atoms with Gasteiger partial charge in [0.15, 0.2) is 0 Å². The van der Waals surface area contributed by atoms with E-state index in [9.17, 15) is 0 Å². The summed E-state index contributed by atoms with van der Waals surface area (Å²) in [5.74, 6) is 0.888. The molecule has 0 aliphatic heterocycles. The number of benzene rings is 1. The molecule has 2 heterocycles. The molecule has 2 aromatic heterocycles. The zero-order valence-electron chi connectivity index (χ0n) is 16.3. The van der Waals surface area contributed by atoms with Crippen molar-refractivity contribution in [3.05, 3.63) is 69.7 Å². The minimum Gasteiger partial charge on any atom is -0.324 e. The van der Waals surface area contributed by atoms with Gasteiger partial charge in [-0.15, -0.1) is 0 Å². The fourth-order valence-corrected chi connectivity index (χ4v) is 2.77. The first-order chi connectivity index (χ1) is 12.6. The van der Waals surface area contributed by atoms with E-state index in [0.717, 1.165) is 28.3 Å². The van der Waals surface area contributed by atoms with Gasteiger partial charge in [-0.2, -0.15) is 0 Å². The Hall–Kier alpha value is -1.84. The molecule has 0 saturated carbocycles. The number of halogens is 2. The molecule has 0 fully saturated rings. The minimum absolute atomic E-state index is 0.621. The van der Waals surface area contributed by atoms with Crippen LogP contribution in [-0.4, -0.2) is 14.5 Å². The lowest BCUT2D eigenvalue weighted by atomic mass is 10.2. The van der Waals surface area contributed by atoms with Crippen LogP contribution in [0.4, 0.5) is 0 Å². The van der Waals surface area contributed by atoms with Crippen LogP contribution in [0.5, 0.6) is 0 Å². The smallest absolute Gasteiger partial charge is 0.142 e. The Balaban J connectivity index is 0.000000791. The Morgan fingerprint density at radius 2 is 1.69 bits per heavy atom. The third-order valence-corrected chi connectivity index (χ3v) is 4.32. The first kappa shape index (κ1) is 22.2. The monoisotopic (exact) mass is 391 g/mol. The molecule has 0 saturated heterocycles. The van der Waals surface area contributed by atoms with Crippen molar-refractivity contribution in [3.63, 3.8) is 0 Å². The topological polar surface area (TPSA) is 30.7 Å². The highest BCUT2D eigenvalue weighted by atomic mass is 35.5. The van der Waals surface area contributed by atoms with E-state index in [-0.39, 0.29) is 0 Å². The van der Waals surface area contributed by atoms with Gasteiger partial charge in [0, 0.05) is 33.7 Å². The number of aromatic nitrogens is 3. The second-order valence-corrected chi connectivity index (χ2v) is 6.01. The molecule has 3 nitrogen and oxygen atoms in total. The summed E-state index contributed by atoms with van der Waals surface area (Å²) in [6.07, 6.45) is 3.57. The maximum atomic E-state index is 6.30. The summed E-state index contributed by atoms with van der Waals surface area (Å²) in [6, 6.07) is 9.42. The fourth-order valence-electron chi connectivity index (χ4n) is 2.40. The second kappa shape index (κ2) is 11.0. The molecule has 0 radical (unpaired) electrons. The van der Waals surface area contributed by atoms with Crippen molar-refractivity contribution in [2.24, 2.45) is 0 Å². The van der Waals surface area contributed by atoms with Crippen LogP contribution in [-0.2, 0) is 6.54 Å². The molecule has 5 heteroatoms. The fraction of sp³-hybridized carbons (Fsp3) is 0.333. The average molecular weight is 392 g/mol. The van der Waals surface area contributed by atoms with Crippen molar-refractivity contribution in [1.29, 1.82) is 0 Å². The first-order valence-electron chi connectivity index (χ1n) is 8.94. The number of hydrogen-bond donors (Lipinski definition) is 0. The summed E-state index contributed by atoms with van der Waals surface area (Å²) < 4.78 is 2.14. The number of nitrogens with zero attached hydrogens (tertiary/aromatic N) is 3. The van der Waals surface area contributed by atoms with E-state index in [1.54, 1.807) is 12.3 Å². The maximum absolute atomic E-state index is 6.30. The molecule has 0 aliphatic carbocycles. The van der Waals surface area contributed by atoms with Gasteiger partial charge >= 0.3 is 0 Å². The summed E-state index contributed by atoms with van der Waals surface area (Å²) in [5.41, 5.74) is 4.06. The van der Waals surface area contributed by atoms with Crippen LogP contribution < -0.4 is 0 Å². The van der Waals surface area contributed by atoms with Gasteiger partial charge in [0.25, 0.3) is 0 Å². The molecular weight excluding hydrogens is 365 g/mol. The van der Waals surface area contributed by atoms with Crippen molar-refractivity contribution >= 4 is 23.2 Å². The van der Waals surface area contributed by atoms with E-state index in [2.05, 4.69) is 21.5 Å². The Morgan fingerprint density at radius 1 is 1.00 bits per heavy atom. The zero-order valence-corrected chi connectivity index (χ0v) is 17.9. The van der Waals surface area contributed by atoms with Crippen LogP contribution in [0.15, 0.2) is 42.7 Å². The molecule has 0 N–H and O–H groups in total. The molecule has 3 rings (SSSR count). The Bertz CT molecular complexity index is 812. The predicted molar refractivity (Wildman–Crippen MR) is 113 cm³/mol. The van der Waals surface area contributed by atoms with E-state index in [0.29, 0.717) is 16.6 Å². The summed E-state index contributed by atoms with van der Waals surface area (Å²) in [6.45, 7) is 12.7. The van der Waals surface area contributed by atoms with E-state index in [4.69, 9.17) is 23.2 Å². The van der Waals surface area contributed by atoms with Crippen molar-refractivity contribution in [2.75, 3.05) is 0 Å². The van der Waals surface area contributed by atoms with Gasteiger partial charge in [0.2, 0.25) is 0 Å². The molecule has 0 bridgehead atoms. The largest absolute Gasteiger partial charge is 0.324 e. The van der Waals surface area contributed by atoms with Gasteiger partial charge in [0.1, 0.15) is 5.82 Å². The van der Waals surface area contributed by atoms with Crippen LogP contribution in [0, 0.1) is 13.8 Å². The van der Waals surface area contributed by atoms with E-state index >= 15 is 0 Å². The first-order valence-corrected chi connectivity index (χ1v) is 9.70. The molecule has 1 aromatic carbocycles. The summed E-state index contributed by atoms with van der Waals surface area (Å²) >= 11 is 12.4. The number of rotatable bonds is 3. The van der Waals surface area contributed by atoms with Gasteiger partial charge in [0.05, 0.1) is 12.2 Å². The van der Waals surface area contributed by atoms with Crippen molar-refractivity contribution < 1.29 is 0 Å². The van der Waals surface area contributed by atoms with E-state index in [1.165, 1.54) is 0 Å². The maximum Gasteiger partial charge on any atom is 0.142 e. The molecule has 0 unspecified atom stereocenters. The van der Waals surface area contributed by atoms with Gasteiger partial charge in [-0.05, 0) is 49.7 Å². The van der Waals surface area contributed by atoms with Crippen LogP contribution >= 0.6 is 23.2 Å². The lowest BCUT2D eigenvalue weighted by Gasteiger charge is -2.12. The molecule has 0 spiro atoms. The standard InChI is InChI=1S/C17H15Cl2N3.2C2H6/c1-11-12(2)22(10-14-8-15(18)5-6-16(14)19)17(21-11)13-4-3-7-20-9-13;2*1-2/h3-9H,10H2,1-2H3;2*1-2H3. The lowest BCUT2D eigenvalue weighted by Crippen LogP contribution is -2.05. The predicted octanol–water partition coefficient (Wildman–Crippen LogP) is 6.97. The van der Waals surface area contributed by atoms with Crippen LogP contribution in [0.3, 0.4) is 0 Å². The highest BCUT2D eigenvalue weighted by molar-refractivity contribution is 6.33. The van der Waals surface area contributed by atoms with Crippen molar-refractivity contribution in [1.82, 2.24) is 14.5 Å². The SMILES string of the molecule is CC.CC.Cc1nc(-c2cccnc2)n(Cc2cc(Cl)ccc2Cl)c1C. The van der Waals surface area contributed by atoms with Gasteiger partial charge < -0.3 is 4.57 Å². The third kappa shape index (κ3) is 5.33. The minimum atomic E-state index is 0.621. The number of pyridine rings is 1. The van der Waals surface area contributed by atoms with Gasteiger partial charge in [-0.3, -0.25) is 4.98 Å². The highest BCUT2D eigenvalue weighted by Gasteiger charge is 2.14. The molecular formula is C21H27Cl2N3. The van der Waals surface area contributed by atoms with Gasteiger partial charge in [-0.25, -0.2) is 4.98 Å². The number of aryl methyl sites for hydroxylation is 1. The second-order valence-electron chi connectivity index (χ2n) is 5.17. The normalized spacial score (nSPS) is 9.69. The quantitative estimate of drug-likeness (QED) is 0.482. The van der Waals surface area contributed by atoms with Crippen LogP contribution in [0.2, 0.25) is 10.0 Å². The molecule has 0 atom stereocenters. The third-order valence-electron chi connectivity index (χ3n) is 3.71. The van der Waals surface area contributed by atoms with Crippen LogP contribution in [0.25, 0.3) is 11.4 Å². The summed E-state index contributed by atoms with van der Waals surface area (Å²) in [4.78, 5) is 8.85. The molecule has 3 aromatic rings. The van der Waals surface area contributed by atoms with E-state index in [1.807, 2.05) is 65.1 Å². The molecule has 0 aliphatic rings. The Morgan fingerprint density at radius 3 is 2.31 bits per heavy atom. The summed E-state index contributed by atoms with van der Waals surface area (Å²) in [5, 5.41) is 1.38. The zero-order chi connectivity index (χ0) is 19.7. The van der Waals surface area contributed by atoms with Crippen LogP contribution in [0.1, 0.15) is 44.6 Å². The average Bonchev–Trinajstić information content (AvgIpc) is 2.97. The molecule has 140 valence electrons. The molecule has 0 amide bonds. The Kier molecular flexibility index (Phi) is 9.39. The van der Waals surface area contributed by atoms with E-state index < -0.39 is 0 Å². The Labute approximate surface area is 167 Å². The van der Waals surface area contributed by atoms with Crippen molar-refractivity contribution in [2.45, 2.75) is 48.1 Å². The van der Waals surface area contributed by atoms with Gasteiger partial charge in [-0.1, -0.05) is 50.9 Å². The molecule has 26 heavy (non-hydrogen) atoms. The highest BCUT2D eigenvalue weighted by Crippen LogP contribution is 2.26. The lowest BCUT2D eigenvalue weighted by molar-refractivity contribution is 0.777.